The molecule has 0 radical (unpaired) electrons. The second kappa shape index (κ2) is 5.65. The summed E-state index contributed by atoms with van der Waals surface area (Å²) in [4.78, 5) is 8.25. The van der Waals surface area contributed by atoms with Crippen LogP contribution in [0.15, 0.2) is 23.3 Å². The molecular formula is C11H17N5O2. The number of anilines is 1. The third-order valence-corrected chi connectivity index (χ3v) is 2.80. The van der Waals surface area contributed by atoms with Crippen LogP contribution in [0.2, 0.25) is 0 Å². The molecule has 2 heterocycles. The van der Waals surface area contributed by atoms with Crippen molar-refractivity contribution in [2.45, 2.75) is 18.9 Å². The topological polar surface area (TPSA) is 107 Å². The Balaban J connectivity index is 1.95. The molecule has 5 N–H and O–H groups in total. The molecule has 1 aliphatic heterocycles. The van der Waals surface area contributed by atoms with E-state index in [2.05, 4.69) is 15.3 Å². The summed E-state index contributed by atoms with van der Waals surface area (Å²) in [5, 5.41) is 22.8. The van der Waals surface area contributed by atoms with Gasteiger partial charge in [-0.3, -0.25) is 0 Å². The van der Waals surface area contributed by atoms with Gasteiger partial charge in [-0.25, -0.2) is 9.98 Å². The summed E-state index contributed by atoms with van der Waals surface area (Å²) in [5.74, 6) is 0.541. The van der Waals surface area contributed by atoms with Crippen LogP contribution in [0, 0.1) is 0 Å². The maximum absolute atomic E-state index is 9.52. The van der Waals surface area contributed by atoms with Crippen LogP contribution in [-0.4, -0.2) is 45.5 Å². The average Bonchev–Trinajstić information content (AvgIpc) is 2.35. The van der Waals surface area contributed by atoms with Crippen LogP contribution in [0.3, 0.4) is 0 Å². The van der Waals surface area contributed by atoms with Crippen molar-refractivity contribution in [1.82, 2.24) is 10.0 Å². The van der Waals surface area contributed by atoms with E-state index in [-0.39, 0.29) is 17.8 Å². The summed E-state index contributed by atoms with van der Waals surface area (Å²) in [6, 6.07) is 3.24. The minimum atomic E-state index is 0.0285. The second-order valence-electron chi connectivity index (χ2n) is 4.20. The normalized spacial score (nSPS) is 18.8. The third kappa shape index (κ3) is 3.31. The van der Waals surface area contributed by atoms with Gasteiger partial charge in [0, 0.05) is 19.3 Å². The predicted molar refractivity (Wildman–Crippen MR) is 67.5 cm³/mol. The molecule has 7 heteroatoms. The van der Waals surface area contributed by atoms with E-state index in [4.69, 9.17) is 5.73 Å². The Bertz CT molecular complexity index is 429. The number of aliphatic imine (C=N–C) groups is 1. The first kappa shape index (κ1) is 12.6. The number of hydrogen-bond donors (Lipinski definition) is 4. The number of hydroxylamine groups is 2. The number of nitrogens with two attached hydrogens (primary N) is 1. The largest absolute Gasteiger partial charge is 0.504 e. The fourth-order valence-electron chi connectivity index (χ4n) is 1.82. The van der Waals surface area contributed by atoms with Crippen LogP contribution >= 0.6 is 0 Å². The molecule has 0 unspecified atom stereocenters. The quantitative estimate of drug-likeness (QED) is 0.447. The highest BCUT2D eigenvalue weighted by atomic mass is 16.5. The van der Waals surface area contributed by atoms with Gasteiger partial charge in [-0.15, -0.1) is 0 Å². The Morgan fingerprint density at radius 1 is 1.50 bits per heavy atom. The van der Waals surface area contributed by atoms with Crippen LogP contribution in [-0.2, 0) is 0 Å². The predicted octanol–water partition coefficient (Wildman–Crippen LogP) is 0.367. The Labute approximate surface area is 105 Å². The fourth-order valence-corrected chi connectivity index (χ4v) is 1.82. The maximum atomic E-state index is 9.52. The lowest BCUT2D eigenvalue weighted by Gasteiger charge is -2.25. The molecule has 2 rings (SSSR count). The summed E-state index contributed by atoms with van der Waals surface area (Å²) < 4.78 is 0. The molecule has 1 aliphatic rings. The highest BCUT2D eigenvalue weighted by Crippen LogP contribution is 2.18. The first-order valence-corrected chi connectivity index (χ1v) is 5.83. The van der Waals surface area contributed by atoms with Crippen LogP contribution in [0.4, 0.5) is 5.82 Å². The Morgan fingerprint density at radius 2 is 2.22 bits per heavy atom. The third-order valence-electron chi connectivity index (χ3n) is 2.80. The maximum Gasteiger partial charge on any atom is 0.194 e. The summed E-state index contributed by atoms with van der Waals surface area (Å²) >= 11 is 0. The van der Waals surface area contributed by atoms with Crippen molar-refractivity contribution < 1.29 is 10.3 Å². The van der Waals surface area contributed by atoms with E-state index in [0.29, 0.717) is 18.9 Å². The zero-order valence-electron chi connectivity index (χ0n) is 9.95. The van der Waals surface area contributed by atoms with E-state index in [9.17, 15) is 10.3 Å². The number of rotatable bonds is 2. The number of piperidine rings is 1. The molecule has 98 valence electrons. The molecule has 1 aromatic rings. The van der Waals surface area contributed by atoms with Gasteiger partial charge in [-0.1, -0.05) is 0 Å². The van der Waals surface area contributed by atoms with Gasteiger partial charge in [-0.2, -0.15) is 5.06 Å². The monoisotopic (exact) mass is 251 g/mol. The van der Waals surface area contributed by atoms with Gasteiger partial charge in [0.25, 0.3) is 0 Å². The Kier molecular flexibility index (Phi) is 3.96. The van der Waals surface area contributed by atoms with E-state index in [1.807, 2.05) is 0 Å². The van der Waals surface area contributed by atoms with Gasteiger partial charge in [0.05, 0.1) is 6.04 Å². The molecule has 1 aromatic heterocycles. The van der Waals surface area contributed by atoms with Crippen LogP contribution in [0.1, 0.15) is 12.8 Å². The number of pyridine rings is 1. The summed E-state index contributed by atoms with van der Waals surface area (Å²) in [7, 11) is 0. The minimum Gasteiger partial charge on any atom is -0.504 e. The van der Waals surface area contributed by atoms with Crippen LogP contribution in [0.5, 0.6) is 5.75 Å². The highest BCUT2D eigenvalue weighted by Gasteiger charge is 2.17. The fraction of sp³-hybridized carbons (Fsp3) is 0.455. The van der Waals surface area contributed by atoms with Crippen molar-refractivity contribution in [1.29, 1.82) is 0 Å². The molecule has 0 aromatic carbocycles. The number of nitrogens with one attached hydrogen (secondary N) is 1. The molecule has 18 heavy (non-hydrogen) atoms. The second-order valence-corrected chi connectivity index (χ2v) is 4.20. The zero-order chi connectivity index (χ0) is 13.0. The molecule has 0 spiro atoms. The molecular weight excluding hydrogens is 234 g/mol. The summed E-state index contributed by atoms with van der Waals surface area (Å²) in [5.41, 5.74) is 5.75. The molecule has 0 atom stereocenters. The zero-order valence-corrected chi connectivity index (χ0v) is 9.95. The number of aromatic nitrogens is 1. The van der Waals surface area contributed by atoms with E-state index < -0.39 is 0 Å². The van der Waals surface area contributed by atoms with Gasteiger partial charge < -0.3 is 21.4 Å². The molecule has 1 fully saturated rings. The van der Waals surface area contributed by atoms with Crippen molar-refractivity contribution >= 4 is 11.8 Å². The van der Waals surface area contributed by atoms with Gasteiger partial charge >= 0.3 is 0 Å². The van der Waals surface area contributed by atoms with Crippen molar-refractivity contribution in [3.63, 3.8) is 0 Å². The first-order valence-electron chi connectivity index (χ1n) is 5.83. The van der Waals surface area contributed by atoms with Crippen molar-refractivity contribution in [3.05, 3.63) is 18.3 Å². The average molecular weight is 251 g/mol. The number of nitrogens with zero attached hydrogens (tertiary/aromatic N) is 3. The number of aromatic hydroxyl groups is 1. The van der Waals surface area contributed by atoms with Crippen molar-refractivity contribution in [2.24, 2.45) is 10.7 Å². The van der Waals surface area contributed by atoms with E-state index in [1.54, 1.807) is 12.3 Å². The smallest absolute Gasteiger partial charge is 0.194 e. The molecule has 1 saturated heterocycles. The minimum absolute atomic E-state index is 0.0285. The number of hydrogen-bond acceptors (Lipinski definition) is 5. The first-order chi connectivity index (χ1) is 8.65. The van der Waals surface area contributed by atoms with Crippen molar-refractivity contribution in [3.8, 4) is 5.75 Å². The molecule has 0 amide bonds. The summed E-state index contributed by atoms with van der Waals surface area (Å²) in [6.07, 6.45) is 3.07. The SMILES string of the molecule is NC(=NC1CCN(O)CC1)Nc1ncccc1O. The number of guanidine groups is 1. The van der Waals surface area contributed by atoms with E-state index >= 15 is 0 Å². The van der Waals surface area contributed by atoms with E-state index in [0.717, 1.165) is 12.8 Å². The molecule has 0 saturated carbocycles. The van der Waals surface area contributed by atoms with Gasteiger partial charge in [0.15, 0.2) is 17.5 Å². The lowest BCUT2D eigenvalue weighted by Crippen LogP contribution is -2.34. The standard InChI is InChI=1S/C11H17N5O2/c12-11(14-8-3-6-16(18)7-4-8)15-10-9(17)2-1-5-13-10/h1-2,5,8,17-18H,3-4,6-7H2,(H3,12,13,14,15). The lowest BCUT2D eigenvalue weighted by molar-refractivity contribution is -0.105. The molecule has 7 nitrogen and oxygen atoms in total. The lowest BCUT2D eigenvalue weighted by atomic mass is 10.1. The molecule has 0 aliphatic carbocycles. The van der Waals surface area contributed by atoms with E-state index in [1.165, 1.54) is 11.1 Å². The molecule has 0 bridgehead atoms. The highest BCUT2D eigenvalue weighted by molar-refractivity contribution is 5.92. The Morgan fingerprint density at radius 3 is 2.89 bits per heavy atom. The summed E-state index contributed by atoms with van der Waals surface area (Å²) in [6.45, 7) is 1.19. The van der Waals surface area contributed by atoms with Crippen molar-refractivity contribution in [2.75, 3.05) is 18.4 Å². The van der Waals surface area contributed by atoms with Gasteiger partial charge in [0.1, 0.15) is 0 Å². The Hall–Kier alpha value is -1.86. The van der Waals surface area contributed by atoms with Gasteiger partial charge in [-0.05, 0) is 25.0 Å². The van der Waals surface area contributed by atoms with Crippen LogP contribution < -0.4 is 11.1 Å². The van der Waals surface area contributed by atoms with Crippen LogP contribution in [0.25, 0.3) is 0 Å². The van der Waals surface area contributed by atoms with Gasteiger partial charge in [0.2, 0.25) is 0 Å².